The standard InChI is InChI=1S/C8H8N.2ClH/c1-9-7-8-5-3-2-4-6-8;;/h1-6H,7H2;2*1H/q+1;;/p-1. The molecule has 0 saturated heterocycles. The normalized spacial score (nSPS) is 6.82. The summed E-state index contributed by atoms with van der Waals surface area (Å²) in [7, 11) is 0. The van der Waals surface area contributed by atoms with E-state index in [0.717, 1.165) is 5.56 Å². The lowest BCUT2D eigenvalue weighted by molar-refractivity contribution is -0.00000201. The fourth-order valence-electron chi connectivity index (χ4n) is 0.689. The van der Waals surface area contributed by atoms with Gasteiger partial charge in [0.1, 0.15) is 0 Å². The Labute approximate surface area is 79.1 Å². The Kier molecular flexibility index (Phi) is 8.69. The third-order valence-corrected chi connectivity index (χ3v) is 1.12. The first-order valence-corrected chi connectivity index (χ1v) is 2.84. The Balaban J connectivity index is 0. The van der Waals surface area contributed by atoms with Gasteiger partial charge in [-0.15, -0.1) is 12.4 Å². The van der Waals surface area contributed by atoms with Crippen molar-refractivity contribution in [3.05, 3.63) is 40.7 Å². The molecule has 0 heterocycles. The van der Waals surface area contributed by atoms with Gasteiger partial charge < -0.3 is 12.4 Å². The van der Waals surface area contributed by atoms with Gasteiger partial charge in [-0.3, -0.25) is 0 Å². The lowest BCUT2D eigenvalue weighted by atomic mass is 10.2. The molecule has 0 saturated carbocycles. The van der Waals surface area contributed by atoms with Gasteiger partial charge in [0.25, 0.3) is 13.1 Å². The van der Waals surface area contributed by atoms with Gasteiger partial charge in [-0.1, -0.05) is 35.2 Å². The smallest absolute Gasteiger partial charge is 0.288 e. The van der Waals surface area contributed by atoms with Crippen molar-refractivity contribution in [2.45, 2.75) is 6.54 Å². The van der Waals surface area contributed by atoms with Crippen LogP contribution in [0.25, 0.3) is 4.85 Å². The molecule has 0 unspecified atom stereocenters. The van der Waals surface area contributed by atoms with Crippen LogP contribution in [0.3, 0.4) is 0 Å². The Morgan fingerprint density at radius 3 is 2.18 bits per heavy atom. The SMILES string of the molecule is C#[N+]Cc1ccccc1.Cl.[Cl-]. The number of nitrogens with zero attached hydrogens (tertiary/aromatic N) is 1. The molecule has 1 aromatic rings. The Bertz CT molecular complexity index is 215. The number of hydrogen-bond acceptors (Lipinski definition) is 0. The van der Waals surface area contributed by atoms with Gasteiger partial charge in [0.15, 0.2) is 0 Å². The number of hydrogen-bond donors (Lipinski definition) is 0. The van der Waals surface area contributed by atoms with Crippen LogP contribution in [0.1, 0.15) is 5.56 Å². The van der Waals surface area contributed by atoms with Gasteiger partial charge in [-0.25, -0.2) is 0 Å². The zero-order valence-corrected chi connectivity index (χ0v) is 7.48. The first kappa shape index (κ1) is 12.9. The summed E-state index contributed by atoms with van der Waals surface area (Å²) in [6, 6.07) is 9.91. The Hall–Kier alpha value is -0.710. The van der Waals surface area contributed by atoms with Gasteiger partial charge in [-0.05, 0) is 0 Å². The van der Waals surface area contributed by atoms with E-state index in [1.54, 1.807) is 0 Å². The Morgan fingerprint density at radius 2 is 1.73 bits per heavy atom. The van der Waals surface area contributed by atoms with Crippen molar-refractivity contribution < 1.29 is 12.4 Å². The molecule has 0 aliphatic heterocycles. The summed E-state index contributed by atoms with van der Waals surface area (Å²) < 4.78 is 0. The van der Waals surface area contributed by atoms with Crippen LogP contribution in [0.2, 0.25) is 0 Å². The molecule has 0 bridgehead atoms. The average molecular weight is 190 g/mol. The zero-order valence-electron chi connectivity index (χ0n) is 5.90. The highest BCUT2D eigenvalue weighted by molar-refractivity contribution is 5.85. The lowest BCUT2D eigenvalue weighted by Gasteiger charge is -1.83. The number of rotatable bonds is 1. The third kappa shape index (κ3) is 4.66. The molecule has 60 valence electrons. The molecule has 0 aliphatic rings. The molecule has 0 spiro atoms. The van der Waals surface area contributed by atoms with Crippen LogP contribution in [0.15, 0.2) is 30.3 Å². The van der Waals surface area contributed by atoms with E-state index in [-0.39, 0.29) is 24.8 Å². The molecule has 0 radical (unpaired) electrons. The largest absolute Gasteiger partial charge is 1.00 e. The molecule has 0 fully saturated rings. The van der Waals surface area contributed by atoms with Crippen molar-refractivity contribution in [3.8, 4) is 6.57 Å². The van der Waals surface area contributed by atoms with Crippen LogP contribution in [0.5, 0.6) is 0 Å². The van der Waals surface area contributed by atoms with Gasteiger partial charge in [-0.2, -0.15) is 0 Å². The predicted octanol–water partition coefficient (Wildman–Crippen LogP) is -0.425. The average Bonchev–Trinajstić information content (AvgIpc) is 1.91. The maximum atomic E-state index is 4.99. The molecular formula is C8H9Cl2N. The minimum absolute atomic E-state index is 0. The zero-order chi connectivity index (χ0) is 6.53. The highest BCUT2D eigenvalue weighted by Gasteiger charge is 1.91. The molecule has 0 aliphatic carbocycles. The second kappa shape index (κ2) is 7.40. The van der Waals surface area contributed by atoms with Gasteiger partial charge in [0.2, 0.25) is 0 Å². The van der Waals surface area contributed by atoms with E-state index >= 15 is 0 Å². The maximum Gasteiger partial charge on any atom is 0.288 e. The minimum Gasteiger partial charge on any atom is -1.00 e. The van der Waals surface area contributed by atoms with Crippen LogP contribution in [0, 0.1) is 6.57 Å². The van der Waals surface area contributed by atoms with Crippen molar-refractivity contribution in [1.29, 1.82) is 0 Å². The first-order chi connectivity index (χ1) is 4.43. The number of benzene rings is 1. The lowest BCUT2D eigenvalue weighted by Crippen LogP contribution is -3.00. The van der Waals surface area contributed by atoms with Crippen molar-refractivity contribution in [2.75, 3.05) is 0 Å². The quantitative estimate of drug-likeness (QED) is 0.566. The molecule has 3 heteroatoms. The van der Waals surface area contributed by atoms with Crippen molar-refractivity contribution in [3.63, 3.8) is 0 Å². The van der Waals surface area contributed by atoms with Crippen LogP contribution >= 0.6 is 12.4 Å². The van der Waals surface area contributed by atoms with Gasteiger partial charge in [0.05, 0.1) is 0 Å². The van der Waals surface area contributed by atoms with E-state index in [1.807, 2.05) is 30.3 Å². The van der Waals surface area contributed by atoms with Crippen LogP contribution in [-0.4, -0.2) is 0 Å². The summed E-state index contributed by atoms with van der Waals surface area (Å²) in [5.74, 6) is 0. The Morgan fingerprint density at radius 1 is 1.18 bits per heavy atom. The van der Waals surface area contributed by atoms with E-state index < -0.39 is 0 Å². The monoisotopic (exact) mass is 189 g/mol. The summed E-state index contributed by atoms with van der Waals surface area (Å²) in [6.45, 7) is 5.60. The highest BCUT2D eigenvalue weighted by atomic mass is 35.5. The molecule has 1 rings (SSSR count). The molecule has 0 amide bonds. The molecule has 11 heavy (non-hydrogen) atoms. The third-order valence-electron chi connectivity index (χ3n) is 1.12. The first-order valence-electron chi connectivity index (χ1n) is 2.84. The summed E-state index contributed by atoms with van der Waals surface area (Å²) in [5, 5.41) is 0. The maximum absolute atomic E-state index is 4.99. The predicted molar refractivity (Wildman–Crippen MR) is 45.7 cm³/mol. The number of halogens is 2. The van der Waals surface area contributed by atoms with Crippen molar-refractivity contribution in [1.82, 2.24) is 0 Å². The van der Waals surface area contributed by atoms with Crippen LogP contribution in [0.4, 0.5) is 0 Å². The molecule has 1 aromatic carbocycles. The van der Waals surface area contributed by atoms with E-state index in [2.05, 4.69) is 4.85 Å². The second-order valence-electron chi connectivity index (χ2n) is 1.83. The van der Waals surface area contributed by atoms with E-state index in [1.165, 1.54) is 0 Å². The fraction of sp³-hybridized carbons (Fsp3) is 0.125. The minimum atomic E-state index is 0. The topological polar surface area (TPSA) is 4.36 Å². The highest BCUT2D eigenvalue weighted by Crippen LogP contribution is 1.98. The van der Waals surface area contributed by atoms with E-state index in [4.69, 9.17) is 6.57 Å². The molecular weight excluding hydrogens is 181 g/mol. The summed E-state index contributed by atoms with van der Waals surface area (Å²) >= 11 is 0. The van der Waals surface area contributed by atoms with Gasteiger partial charge >= 0.3 is 0 Å². The molecule has 0 aromatic heterocycles. The summed E-state index contributed by atoms with van der Waals surface area (Å²) in [6.07, 6.45) is 0. The molecule has 1 nitrogen and oxygen atoms in total. The molecule has 0 N–H and O–H groups in total. The van der Waals surface area contributed by atoms with Crippen molar-refractivity contribution >= 4 is 12.4 Å². The molecule has 0 atom stereocenters. The second-order valence-corrected chi connectivity index (χ2v) is 1.83. The summed E-state index contributed by atoms with van der Waals surface area (Å²) in [5.41, 5.74) is 1.15. The van der Waals surface area contributed by atoms with E-state index in [9.17, 15) is 0 Å². The van der Waals surface area contributed by atoms with Crippen LogP contribution < -0.4 is 12.4 Å². The summed E-state index contributed by atoms with van der Waals surface area (Å²) in [4.78, 5) is 3.51. The van der Waals surface area contributed by atoms with Gasteiger partial charge in [0, 0.05) is 5.56 Å². The van der Waals surface area contributed by atoms with Crippen LogP contribution in [-0.2, 0) is 6.54 Å². The van der Waals surface area contributed by atoms with Crippen molar-refractivity contribution in [2.24, 2.45) is 0 Å². The van der Waals surface area contributed by atoms with E-state index in [0.29, 0.717) is 6.54 Å². The fourth-order valence-corrected chi connectivity index (χ4v) is 0.689.